The van der Waals surface area contributed by atoms with Gasteiger partial charge in [0.05, 0.1) is 18.8 Å². The average Bonchev–Trinajstić information content (AvgIpc) is 2.85. The summed E-state index contributed by atoms with van der Waals surface area (Å²) in [5, 5.41) is 3.04. The first-order valence-electron chi connectivity index (χ1n) is 7.77. The summed E-state index contributed by atoms with van der Waals surface area (Å²) < 4.78 is 17.9. The summed E-state index contributed by atoms with van der Waals surface area (Å²) in [6.07, 6.45) is 0.746. The first-order valence-corrected chi connectivity index (χ1v) is 8.57. The first kappa shape index (κ1) is 16.7. The maximum Gasteiger partial charge on any atom is 0.408 e. The maximum atomic E-state index is 12.3. The van der Waals surface area contributed by atoms with E-state index in [1.165, 1.54) is 0 Å². The second-order valence-corrected chi connectivity index (χ2v) is 8.09. The molecule has 1 aromatic rings. The summed E-state index contributed by atoms with van der Waals surface area (Å²) in [6.45, 7) is 6.75. The van der Waals surface area contributed by atoms with Gasteiger partial charge in [-0.15, -0.1) is 0 Å². The zero-order valence-corrected chi connectivity index (χ0v) is 15.2. The predicted molar refractivity (Wildman–Crippen MR) is 89.1 cm³/mol. The lowest BCUT2D eigenvalue weighted by Gasteiger charge is -2.53. The Morgan fingerprint density at radius 2 is 1.74 bits per heavy atom. The van der Waals surface area contributed by atoms with Crippen LogP contribution in [-0.4, -0.2) is 30.7 Å². The quantitative estimate of drug-likeness (QED) is 0.845. The van der Waals surface area contributed by atoms with E-state index in [2.05, 4.69) is 21.2 Å². The van der Waals surface area contributed by atoms with Crippen LogP contribution >= 0.6 is 15.9 Å². The summed E-state index contributed by atoms with van der Waals surface area (Å²) in [5.74, 6) is -0.567. The Labute approximate surface area is 144 Å². The van der Waals surface area contributed by atoms with Gasteiger partial charge in [-0.3, -0.25) is 0 Å². The molecule has 6 heteroatoms. The fraction of sp³-hybridized carbons (Fsp3) is 0.588. The van der Waals surface area contributed by atoms with Crippen LogP contribution in [0.1, 0.15) is 39.2 Å². The van der Waals surface area contributed by atoms with Crippen molar-refractivity contribution in [1.29, 1.82) is 0 Å². The molecule has 1 saturated heterocycles. The molecule has 1 aromatic carbocycles. The van der Waals surface area contributed by atoms with Crippen LogP contribution in [0.3, 0.4) is 0 Å². The second kappa shape index (κ2) is 5.76. The van der Waals surface area contributed by atoms with Gasteiger partial charge in [0.15, 0.2) is 5.79 Å². The normalized spacial score (nSPS) is 21.7. The molecular formula is C17H22BrNO4. The van der Waals surface area contributed by atoms with Crippen LogP contribution in [0.15, 0.2) is 28.7 Å². The standard InChI is InChI=1S/C17H22BrNO4/c1-15(2,3)23-14(20)19-16(12-4-6-13(18)7-5-12)10-17(11-16)21-8-9-22-17/h4-7H,8-11H2,1-3H3,(H,19,20). The lowest BCUT2D eigenvalue weighted by Crippen LogP contribution is -2.64. The van der Waals surface area contributed by atoms with Gasteiger partial charge in [0.1, 0.15) is 5.60 Å². The molecule has 0 atom stereocenters. The van der Waals surface area contributed by atoms with Crippen LogP contribution in [-0.2, 0) is 19.7 Å². The summed E-state index contributed by atoms with van der Waals surface area (Å²) in [7, 11) is 0. The number of halogens is 1. The molecule has 23 heavy (non-hydrogen) atoms. The molecule has 3 rings (SSSR count). The molecule has 1 spiro atoms. The Kier molecular flexibility index (Phi) is 4.19. The lowest BCUT2D eigenvalue weighted by atomic mass is 9.67. The SMILES string of the molecule is CC(C)(C)OC(=O)NC1(c2ccc(Br)cc2)CC2(C1)OCCO2. The Balaban J connectivity index is 1.80. The van der Waals surface area contributed by atoms with Gasteiger partial charge < -0.3 is 19.5 Å². The molecule has 0 radical (unpaired) electrons. The monoisotopic (exact) mass is 383 g/mol. The number of carbonyl (C=O) groups excluding carboxylic acids is 1. The van der Waals surface area contributed by atoms with E-state index in [0.29, 0.717) is 26.1 Å². The number of ether oxygens (including phenoxy) is 3. The number of hydrogen-bond acceptors (Lipinski definition) is 4. The van der Waals surface area contributed by atoms with E-state index in [4.69, 9.17) is 14.2 Å². The maximum absolute atomic E-state index is 12.3. The number of benzene rings is 1. The highest BCUT2D eigenvalue weighted by molar-refractivity contribution is 9.10. The van der Waals surface area contributed by atoms with E-state index < -0.39 is 23.0 Å². The van der Waals surface area contributed by atoms with E-state index in [1.54, 1.807) is 0 Å². The summed E-state index contributed by atoms with van der Waals surface area (Å²) in [5.41, 5.74) is -0.0311. The van der Waals surface area contributed by atoms with Gasteiger partial charge >= 0.3 is 6.09 Å². The molecule has 1 saturated carbocycles. The number of rotatable bonds is 2. The third kappa shape index (κ3) is 3.54. The minimum atomic E-state index is -0.567. The smallest absolute Gasteiger partial charge is 0.408 e. The van der Waals surface area contributed by atoms with E-state index in [1.807, 2.05) is 45.0 Å². The van der Waals surface area contributed by atoms with Crippen molar-refractivity contribution in [1.82, 2.24) is 5.32 Å². The Hall–Kier alpha value is -1.11. The Morgan fingerprint density at radius 3 is 2.26 bits per heavy atom. The summed E-state index contributed by atoms with van der Waals surface area (Å²) in [4.78, 5) is 12.3. The molecule has 1 amide bonds. The van der Waals surface area contributed by atoms with Crippen molar-refractivity contribution in [2.24, 2.45) is 0 Å². The van der Waals surface area contributed by atoms with Crippen LogP contribution in [0.25, 0.3) is 0 Å². The highest BCUT2D eigenvalue weighted by Gasteiger charge is 2.60. The largest absolute Gasteiger partial charge is 0.444 e. The zero-order chi connectivity index (χ0) is 16.7. The topological polar surface area (TPSA) is 56.8 Å². The zero-order valence-electron chi connectivity index (χ0n) is 13.6. The highest BCUT2D eigenvalue weighted by Crippen LogP contribution is 2.52. The van der Waals surface area contributed by atoms with Crippen LogP contribution < -0.4 is 5.32 Å². The van der Waals surface area contributed by atoms with Crippen molar-refractivity contribution in [3.8, 4) is 0 Å². The van der Waals surface area contributed by atoms with Gasteiger partial charge in [0, 0.05) is 17.3 Å². The van der Waals surface area contributed by atoms with Crippen molar-refractivity contribution in [3.63, 3.8) is 0 Å². The van der Waals surface area contributed by atoms with E-state index >= 15 is 0 Å². The van der Waals surface area contributed by atoms with Gasteiger partial charge in [0.25, 0.3) is 0 Å². The first-order chi connectivity index (χ1) is 10.7. The third-order valence-electron chi connectivity index (χ3n) is 4.09. The number of amides is 1. The molecule has 2 aliphatic rings. The van der Waals surface area contributed by atoms with Crippen LogP contribution in [0, 0.1) is 0 Å². The van der Waals surface area contributed by atoms with Crippen molar-refractivity contribution < 1.29 is 19.0 Å². The van der Waals surface area contributed by atoms with Crippen molar-refractivity contribution in [3.05, 3.63) is 34.3 Å². The Morgan fingerprint density at radius 1 is 1.17 bits per heavy atom. The van der Waals surface area contributed by atoms with Crippen molar-refractivity contribution in [2.45, 2.75) is 50.5 Å². The van der Waals surface area contributed by atoms with Gasteiger partial charge in [-0.05, 0) is 38.5 Å². The van der Waals surface area contributed by atoms with Gasteiger partial charge in [0.2, 0.25) is 0 Å². The average molecular weight is 384 g/mol. The third-order valence-corrected chi connectivity index (χ3v) is 4.62. The molecule has 5 nitrogen and oxygen atoms in total. The minimum absolute atomic E-state index is 0.423. The number of alkyl carbamates (subject to hydrolysis) is 1. The molecule has 0 aromatic heterocycles. The molecule has 1 aliphatic heterocycles. The van der Waals surface area contributed by atoms with Gasteiger partial charge in [-0.2, -0.15) is 0 Å². The fourth-order valence-corrected chi connectivity index (χ4v) is 3.47. The second-order valence-electron chi connectivity index (χ2n) is 7.18. The molecule has 126 valence electrons. The molecule has 0 bridgehead atoms. The highest BCUT2D eigenvalue weighted by atomic mass is 79.9. The van der Waals surface area contributed by atoms with E-state index in [-0.39, 0.29) is 0 Å². The van der Waals surface area contributed by atoms with Crippen molar-refractivity contribution in [2.75, 3.05) is 13.2 Å². The number of nitrogens with one attached hydrogen (secondary N) is 1. The molecule has 0 unspecified atom stereocenters. The van der Waals surface area contributed by atoms with E-state index in [9.17, 15) is 4.79 Å². The van der Waals surface area contributed by atoms with Crippen LogP contribution in [0.4, 0.5) is 4.79 Å². The molecule has 2 fully saturated rings. The summed E-state index contributed by atoms with van der Waals surface area (Å²) in [6, 6.07) is 7.94. The molecule has 1 N–H and O–H groups in total. The van der Waals surface area contributed by atoms with Crippen molar-refractivity contribution >= 4 is 22.0 Å². The number of carbonyl (C=O) groups is 1. The molecule has 1 heterocycles. The Bertz CT molecular complexity index is 580. The van der Waals surface area contributed by atoms with Crippen LogP contribution in [0.5, 0.6) is 0 Å². The van der Waals surface area contributed by atoms with Crippen LogP contribution in [0.2, 0.25) is 0 Å². The van der Waals surface area contributed by atoms with Gasteiger partial charge in [-0.25, -0.2) is 4.79 Å². The fourth-order valence-electron chi connectivity index (χ4n) is 3.20. The molecular weight excluding hydrogens is 362 g/mol. The van der Waals surface area contributed by atoms with E-state index in [0.717, 1.165) is 10.0 Å². The number of hydrogen-bond donors (Lipinski definition) is 1. The lowest BCUT2D eigenvalue weighted by molar-refractivity contribution is -0.245. The molecule has 1 aliphatic carbocycles. The van der Waals surface area contributed by atoms with Gasteiger partial charge in [-0.1, -0.05) is 28.1 Å². The minimum Gasteiger partial charge on any atom is -0.444 e. The predicted octanol–water partition coefficient (Wildman–Crippen LogP) is 3.71. The summed E-state index contributed by atoms with van der Waals surface area (Å²) >= 11 is 3.44.